The van der Waals surface area contributed by atoms with Gasteiger partial charge in [-0.25, -0.2) is 0 Å². The zero-order valence-electron chi connectivity index (χ0n) is 16.5. The maximum atomic E-state index is 12.7. The van der Waals surface area contributed by atoms with Crippen molar-refractivity contribution in [3.8, 4) is 11.1 Å². The predicted octanol–water partition coefficient (Wildman–Crippen LogP) is 4.54. The quantitative estimate of drug-likeness (QED) is 0.847. The van der Waals surface area contributed by atoms with Crippen LogP contribution in [0.1, 0.15) is 43.7 Å². The Morgan fingerprint density at radius 1 is 1.07 bits per heavy atom. The van der Waals surface area contributed by atoms with Gasteiger partial charge < -0.3 is 10.2 Å². The Bertz CT molecular complexity index is 800. The van der Waals surface area contributed by atoms with E-state index in [0.29, 0.717) is 5.41 Å². The van der Waals surface area contributed by atoms with Gasteiger partial charge in [0.1, 0.15) is 0 Å². The molecule has 3 nitrogen and oxygen atoms in total. The Kier molecular flexibility index (Phi) is 5.05. The van der Waals surface area contributed by atoms with Crippen molar-refractivity contribution in [3.05, 3.63) is 59.7 Å². The summed E-state index contributed by atoms with van der Waals surface area (Å²) in [4.78, 5) is 14.8. The van der Waals surface area contributed by atoms with E-state index in [-0.39, 0.29) is 11.9 Å². The van der Waals surface area contributed by atoms with E-state index in [0.717, 1.165) is 19.6 Å². The van der Waals surface area contributed by atoms with Gasteiger partial charge >= 0.3 is 0 Å². The molecule has 1 unspecified atom stereocenters. The van der Waals surface area contributed by atoms with Crippen molar-refractivity contribution in [1.29, 1.82) is 0 Å². The summed E-state index contributed by atoms with van der Waals surface area (Å²) in [5.74, 6) is 0.253. The molecule has 1 aliphatic heterocycles. The maximum absolute atomic E-state index is 12.7. The summed E-state index contributed by atoms with van der Waals surface area (Å²) in [5.41, 5.74) is 5.63. The first-order valence-corrected chi connectivity index (χ1v) is 10.2. The third-order valence-corrected chi connectivity index (χ3v) is 6.45. The van der Waals surface area contributed by atoms with Crippen LogP contribution in [0.5, 0.6) is 0 Å². The molecular weight excluding hydrogens is 332 g/mol. The van der Waals surface area contributed by atoms with Crippen molar-refractivity contribution in [2.45, 2.75) is 52.1 Å². The number of benzene rings is 2. The van der Waals surface area contributed by atoms with Gasteiger partial charge in [0.2, 0.25) is 5.91 Å². The molecule has 1 N–H and O–H groups in total. The van der Waals surface area contributed by atoms with Gasteiger partial charge in [0.05, 0.1) is 6.04 Å². The molecule has 142 valence electrons. The van der Waals surface area contributed by atoms with Crippen LogP contribution in [0.4, 0.5) is 0 Å². The highest BCUT2D eigenvalue weighted by molar-refractivity contribution is 5.81. The van der Waals surface area contributed by atoms with Gasteiger partial charge in [0, 0.05) is 19.6 Å². The van der Waals surface area contributed by atoms with Crippen LogP contribution < -0.4 is 5.32 Å². The van der Waals surface area contributed by atoms with Gasteiger partial charge in [-0.15, -0.1) is 0 Å². The monoisotopic (exact) mass is 362 g/mol. The fourth-order valence-electron chi connectivity index (χ4n) is 4.29. The van der Waals surface area contributed by atoms with Crippen molar-refractivity contribution in [2.75, 3.05) is 13.1 Å². The fraction of sp³-hybridized carbons (Fsp3) is 0.458. The van der Waals surface area contributed by atoms with Gasteiger partial charge in [-0.3, -0.25) is 4.79 Å². The van der Waals surface area contributed by atoms with Gasteiger partial charge in [0.15, 0.2) is 0 Å². The number of rotatable bonds is 5. The number of hydrogen-bond donors (Lipinski definition) is 1. The molecule has 2 aliphatic rings. The third kappa shape index (κ3) is 4.08. The van der Waals surface area contributed by atoms with E-state index in [1.54, 1.807) is 0 Å². The summed E-state index contributed by atoms with van der Waals surface area (Å²) in [7, 11) is 0. The van der Waals surface area contributed by atoms with Gasteiger partial charge in [-0.05, 0) is 67.2 Å². The molecule has 1 saturated heterocycles. The lowest BCUT2D eigenvalue weighted by molar-refractivity contribution is -0.134. The molecule has 1 spiro atoms. The molecule has 2 fully saturated rings. The second-order valence-electron chi connectivity index (χ2n) is 8.44. The van der Waals surface area contributed by atoms with Crippen LogP contribution in [0.15, 0.2) is 48.5 Å². The van der Waals surface area contributed by atoms with Gasteiger partial charge in [-0.1, -0.05) is 48.5 Å². The zero-order valence-corrected chi connectivity index (χ0v) is 16.5. The second-order valence-corrected chi connectivity index (χ2v) is 8.44. The molecule has 3 heteroatoms. The standard InChI is InChI=1S/C24H30N2O/c1-18-16-20(8-9-22(18)21-6-4-3-5-7-21)17-25-19(2)23(27)26-14-12-24(10-11-24)13-15-26/h3-9,16,19,25H,10-15,17H2,1-2H3. The molecule has 0 radical (unpaired) electrons. The minimum Gasteiger partial charge on any atom is -0.341 e. The average Bonchev–Trinajstić information content (AvgIpc) is 3.46. The molecule has 1 atom stereocenters. The van der Waals surface area contributed by atoms with Gasteiger partial charge in [-0.2, -0.15) is 0 Å². The predicted molar refractivity (Wildman–Crippen MR) is 110 cm³/mol. The van der Waals surface area contributed by atoms with Crippen LogP contribution in [0.25, 0.3) is 11.1 Å². The van der Waals surface area contributed by atoms with E-state index in [1.807, 2.05) is 13.0 Å². The minimum absolute atomic E-state index is 0.132. The van der Waals surface area contributed by atoms with Gasteiger partial charge in [0.25, 0.3) is 0 Å². The topological polar surface area (TPSA) is 32.3 Å². The lowest BCUT2D eigenvalue weighted by atomic mass is 9.93. The molecule has 4 rings (SSSR count). The Morgan fingerprint density at radius 3 is 2.41 bits per heavy atom. The summed E-state index contributed by atoms with van der Waals surface area (Å²) in [5, 5.41) is 3.43. The molecule has 1 amide bonds. The number of carbonyl (C=O) groups is 1. The molecule has 1 saturated carbocycles. The van der Waals surface area contributed by atoms with Crippen LogP contribution in [0, 0.1) is 12.3 Å². The summed E-state index contributed by atoms with van der Waals surface area (Å²) in [6, 6.07) is 16.9. The number of nitrogens with one attached hydrogen (secondary N) is 1. The highest BCUT2D eigenvalue weighted by Crippen LogP contribution is 2.53. The molecule has 27 heavy (non-hydrogen) atoms. The number of carbonyl (C=O) groups excluding carboxylic acids is 1. The van der Waals surface area contributed by atoms with Crippen molar-refractivity contribution in [1.82, 2.24) is 10.2 Å². The largest absolute Gasteiger partial charge is 0.341 e. The number of piperidine rings is 1. The lowest BCUT2D eigenvalue weighted by Crippen LogP contribution is -2.48. The van der Waals surface area contributed by atoms with Crippen LogP contribution in [0.3, 0.4) is 0 Å². The Labute approximate surface area is 162 Å². The normalized spacial score (nSPS) is 19.1. The van der Waals surface area contributed by atoms with E-state index >= 15 is 0 Å². The summed E-state index contributed by atoms with van der Waals surface area (Å²) in [6.45, 7) is 6.75. The smallest absolute Gasteiger partial charge is 0.239 e. The first kappa shape index (κ1) is 18.2. The highest BCUT2D eigenvalue weighted by atomic mass is 16.2. The van der Waals surface area contributed by atoms with E-state index < -0.39 is 0 Å². The summed E-state index contributed by atoms with van der Waals surface area (Å²) in [6.07, 6.45) is 5.15. The first-order chi connectivity index (χ1) is 13.1. The van der Waals surface area contributed by atoms with Crippen molar-refractivity contribution in [2.24, 2.45) is 5.41 Å². The van der Waals surface area contributed by atoms with E-state index in [4.69, 9.17) is 0 Å². The third-order valence-electron chi connectivity index (χ3n) is 6.45. The minimum atomic E-state index is -0.132. The maximum Gasteiger partial charge on any atom is 0.239 e. The van der Waals surface area contributed by atoms with Crippen LogP contribution in [-0.4, -0.2) is 29.9 Å². The lowest BCUT2D eigenvalue weighted by Gasteiger charge is -2.34. The molecular formula is C24H30N2O. The Morgan fingerprint density at radius 2 is 1.78 bits per heavy atom. The molecule has 0 bridgehead atoms. The molecule has 0 aromatic heterocycles. The van der Waals surface area contributed by atoms with Crippen LogP contribution >= 0.6 is 0 Å². The highest BCUT2D eigenvalue weighted by Gasteiger charge is 2.45. The summed E-state index contributed by atoms with van der Waals surface area (Å²) >= 11 is 0. The molecule has 2 aromatic rings. The number of hydrogen-bond acceptors (Lipinski definition) is 2. The van der Waals surface area contributed by atoms with E-state index in [1.165, 1.54) is 47.9 Å². The molecule has 1 heterocycles. The van der Waals surface area contributed by atoms with Crippen molar-refractivity contribution >= 4 is 5.91 Å². The number of aryl methyl sites for hydroxylation is 1. The Hall–Kier alpha value is -2.13. The molecule has 2 aromatic carbocycles. The SMILES string of the molecule is Cc1cc(CNC(C)C(=O)N2CCC3(CC2)CC3)ccc1-c1ccccc1. The van der Waals surface area contributed by atoms with Crippen molar-refractivity contribution < 1.29 is 4.79 Å². The zero-order chi connectivity index (χ0) is 18.9. The summed E-state index contributed by atoms with van der Waals surface area (Å²) < 4.78 is 0. The average molecular weight is 363 g/mol. The van der Waals surface area contributed by atoms with E-state index in [9.17, 15) is 4.79 Å². The second kappa shape index (κ2) is 7.47. The first-order valence-electron chi connectivity index (χ1n) is 10.2. The van der Waals surface area contributed by atoms with Crippen LogP contribution in [-0.2, 0) is 11.3 Å². The number of nitrogens with zero attached hydrogens (tertiary/aromatic N) is 1. The number of likely N-dealkylation sites (tertiary alicyclic amines) is 1. The Balaban J connectivity index is 1.33. The molecule has 1 aliphatic carbocycles. The number of amides is 1. The fourth-order valence-corrected chi connectivity index (χ4v) is 4.29. The van der Waals surface area contributed by atoms with Crippen LogP contribution in [0.2, 0.25) is 0 Å². The van der Waals surface area contributed by atoms with Crippen molar-refractivity contribution in [3.63, 3.8) is 0 Å². The van der Waals surface area contributed by atoms with E-state index in [2.05, 4.69) is 59.6 Å².